The number of rotatable bonds is 3. The zero-order valence-electron chi connectivity index (χ0n) is 9.16. The van der Waals surface area contributed by atoms with Crippen LogP contribution in [0.15, 0.2) is 12.1 Å². The number of aryl methyl sites for hydroxylation is 1. The Labute approximate surface area is 98.3 Å². The van der Waals surface area contributed by atoms with Crippen molar-refractivity contribution in [2.45, 2.75) is 19.9 Å². The highest BCUT2D eigenvalue weighted by atomic mass is 32.1. The SMILES string of the molecule is CCc1ccc(CN2C(=O)CNCC2=O)s1. The first-order valence-electron chi connectivity index (χ1n) is 5.32. The van der Waals surface area contributed by atoms with Crippen LogP contribution in [0.3, 0.4) is 0 Å². The fourth-order valence-electron chi connectivity index (χ4n) is 1.64. The first kappa shape index (κ1) is 11.3. The fourth-order valence-corrected chi connectivity index (χ4v) is 2.58. The third kappa shape index (κ3) is 2.31. The van der Waals surface area contributed by atoms with E-state index in [2.05, 4.69) is 18.3 Å². The Morgan fingerprint density at radius 3 is 2.44 bits per heavy atom. The topological polar surface area (TPSA) is 49.4 Å². The van der Waals surface area contributed by atoms with Crippen molar-refractivity contribution in [1.82, 2.24) is 10.2 Å². The van der Waals surface area contributed by atoms with E-state index in [0.29, 0.717) is 6.54 Å². The Hall–Kier alpha value is -1.20. The van der Waals surface area contributed by atoms with E-state index < -0.39 is 0 Å². The quantitative estimate of drug-likeness (QED) is 0.791. The molecule has 0 radical (unpaired) electrons. The molecular formula is C11H14N2O2S. The number of thiophene rings is 1. The summed E-state index contributed by atoms with van der Waals surface area (Å²) in [5.41, 5.74) is 0. The smallest absolute Gasteiger partial charge is 0.243 e. The van der Waals surface area contributed by atoms with Gasteiger partial charge in [-0.3, -0.25) is 19.8 Å². The van der Waals surface area contributed by atoms with Crippen molar-refractivity contribution in [2.75, 3.05) is 13.1 Å². The molecule has 1 aromatic heterocycles. The average molecular weight is 238 g/mol. The fraction of sp³-hybridized carbons (Fsp3) is 0.455. The van der Waals surface area contributed by atoms with Gasteiger partial charge in [0.2, 0.25) is 11.8 Å². The first-order valence-corrected chi connectivity index (χ1v) is 6.14. The summed E-state index contributed by atoms with van der Waals surface area (Å²) in [6, 6.07) is 4.04. The number of carbonyl (C=O) groups is 2. The van der Waals surface area contributed by atoms with Crippen LogP contribution in [0, 0.1) is 0 Å². The Morgan fingerprint density at radius 2 is 1.88 bits per heavy atom. The number of piperazine rings is 1. The number of imide groups is 1. The predicted octanol–water partition coefficient (Wildman–Crippen LogP) is 0.769. The average Bonchev–Trinajstić information content (AvgIpc) is 2.71. The standard InChI is InChI=1S/C11H14N2O2S/c1-2-8-3-4-9(16-8)7-13-10(14)5-12-6-11(13)15/h3-4,12H,2,5-7H2,1H3. The summed E-state index contributed by atoms with van der Waals surface area (Å²) in [7, 11) is 0. The minimum atomic E-state index is -0.136. The molecule has 1 aromatic rings. The molecule has 0 unspecified atom stereocenters. The Balaban J connectivity index is 2.07. The molecule has 1 aliphatic heterocycles. The van der Waals surface area contributed by atoms with Gasteiger partial charge in [0.25, 0.3) is 0 Å². The van der Waals surface area contributed by atoms with Gasteiger partial charge in [-0.05, 0) is 18.6 Å². The third-order valence-electron chi connectivity index (χ3n) is 2.53. The number of hydrogen-bond donors (Lipinski definition) is 1. The molecule has 2 amide bonds. The van der Waals surface area contributed by atoms with Gasteiger partial charge in [-0.1, -0.05) is 6.92 Å². The van der Waals surface area contributed by atoms with E-state index >= 15 is 0 Å². The second-order valence-electron chi connectivity index (χ2n) is 3.70. The molecule has 1 fully saturated rings. The molecule has 0 aliphatic carbocycles. The summed E-state index contributed by atoms with van der Waals surface area (Å²) in [6.07, 6.45) is 0.994. The lowest BCUT2D eigenvalue weighted by molar-refractivity contribution is -0.147. The largest absolute Gasteiger partial charge is 0.300 e. The van der Waals surface area contributed by atoms with Crippen molar-refractivity contribution < 1.29 is 9.59 Å². The van der Waals surface area contributed by atoms with E-state index in [9.17, 15) is 9.59 Å². The molecular weight excluding hydrogens is 224 g/mol. The summed E-state index contributed by atoms with van der Waals surface area (Å²) < 4.78 is 0. The number of hydrogen-bond acceptors (Lipinski definition) is 4. The molecule has 0 atom stereocenters. The lowest BCUT2D eigenvalue weighted by Gasteiger charge is -2.24. The second kappa shape index (κ2) is 4.76. The molecule has 0 aromatic carbocycles. The van der Waals surface area contributed by atoms with Crippen LogP contribution in [0.2, 0.25) is 0 Å². The van der Waals surface area contributed by atoms with Crippen molar-refractivity contribution in [1.29, 1.82) is 0 Å². The highest BCUT2D eigenvalue weighted by molar-refractivity contribution is 7.11. The Bertz CT molecular complexity index is 398. The number of amides is 2. The molecule has 2 heterocycles. The second-order valence-corrected chi connectivity index (χ2v) is 4.95. The van der Waals surface area contributed by atoms with Gasteiger partial charge < -0.3 is 0 Å². The van der Waals surface area contributed by atoms with Crippen molar-refractivity contribution in [3.8, 4) is 0 Å². The lowest BCUT2D eigenvalue weighted by Crippen LogP contribution is -2.51. The van der Waals surface area contributed by atoms with Crippen LogP contribution in [-0.2, 0) is 22.6 Å². The maximum Gasteiger partial charge on any atom is 0.243 e. The maximum atomic E-state index is 11.5. The van der Waals surface area contributed by atoms with E-state index in [4.69, 9.17) is 0 Å². The summed E-state index contributed by atoms with van der Waals surface area (Å²) in [6.45, 7) is 3.04. The molecule has 1 N–H and O–H groups in total. The van der Waals surface area contributed by atoms with Crippen LogP contribution in [-0.4, -0.2) is 29.8 Å². The van der Waals surface area contributed by atoms with Gasteiger partial charge in [-0.15, -0.1) is 11.3 Å². The van der Waals surface area contributed by atoms with E-state index in [0.717, 1.165) is 11.3 Å². The zero-order chi connectivity index (χ0) is 11.5. The molecule has 1 saturated heterocycles. The molecule has 1 aliphatic rings. The summed E-state index contributed by atoms with van der Waals surface area (Å²) in [5.74, 6) is -0.273. The van der Waals surface area contributed by atoms with Crippen LogP contribution < -0.4 is 5.32 Å². The molecule has 4 nitrogen and oxygen atoms in total. The Morgan fingerprint density at radius 1 is 1.25 bits per heavy atom. The summed E-state index contributed by atoms with van der Waals surface area (Å²) in [5, 5.41) is 2.78. The zero-order valence-corrected chi connectivity index (χ0v) is 9.97. The van der Waals surface area contributed by atoms with Crippen molar-refractivity contribution >= 4 is 23.2 Å². The third-order valence-corrected chi connectivity index (χ3v) is 3.75. The van der Waals surface area contributed by atoms with Crippen LogP contribution in [0.1, 0.15) is 16.7 Å². The first-order chi connectivity index (χ1) is 7.70. The number of nitrogens with zero attached hydrogens (tertiary/aromatic N) is 1. The van der Waals surface area contributed by atoms with E-state index in [1.54, 1.807) is 11.3 Å². The van der Waals surface area contributed by atoms with Gasteiger partial charge in [0.1, 0.15) is 0 Å². The van der Waals surface area contributed by atoms with Crippen molar-refractivity contribution in [3.63, 3.8) is 0 Å². The molecule has 0 spiro atoms. The molecule has 0 saturated carbocycles. The lowest BCUT2D eigenvalue weighted by atomic mass is 10.3. The molecule has 86 valence electrons. The number of carbonyl (C=O) groups excluding carboxylic acids is 2. The molecule has 16 heavy (non-hydrogen) atoms. The summed E-state index contributed by atoms with van der Waals surface area (Å²) >= 11 is 1.66. The highest BCUT2D eigenvalue weighted by Crippen LogP contribution is 2.19. The van der Waals surface area contributed by atoms with Gasteiger partial charge in [-0.2, -0.15) is 0 Å². The normalized spacial score (nSPS) is 16.9. The van der Waals surface area contributed by atoms with Crippen LogP contribution in [0.25, 0.3) is 0 Å². The Kier molecular flexibility index (Phi) is 3.36. The van der Waals surface area contributed by atoms with Crippen LogP contribution in [0.4, 0.5) is 0 Å². The predicted molar refractivity (Wildman–Crippen MR) is 62.1 cm³/mol. The van der Waals surface area contributed by atoms with Crippen molar-refractivity contribution in [2.24, 2.45) is 0 Å². The maximum absolute atomic E-state index is 11.5. The molecule has 2 rings (SSSR count). The number of nitrogens with one attached hydrogen (secondary N) is 1. The molecule has 0 bridgehead atoms. The van der Waals surface area contributed by atoms with Gasteiger partial charge in [0.15, 0.2) is 0 Å². The minimum Gasteiger partial charge on any atom is -0.300 e. The van der Waals surface area contributed by atoms with Crippen LogP contribution in [0.5, 0.6) is 0 Å². The van der Waals surface area contributed by atoms with E-state index in [1.165, 1.54) is 9.78 Å². The van der Waals surface area contributed by atoms with E-state index in [1.807, 2.05) is 6.07 Å². The van der Waals surface area contributed by atoms with Gasteiger partial charge in [-0.25, -0.2) is 0 Å². The van der Waals surface area contributed by atoms with Gasteiger partial charge >= 0.3 is 0 Å². The van der Waals surface area contributed by atoms with Gasteiger partial charge in [0, 0.05) is 9.75 Å². The van der Waals surface area contributed by atoms with E-state index in [-0.39, 0.29) is 24.9 Å². The molecule has 5 heteroatoms. The monoisotopic (exact) mass is 238 g/mol. The summed E-state index contributed by atoms with van der Waals surface area (Å²) in [4.78, 5) is 26.8. The van der Waals surface area contributed by atoms with Crippen molar-refractivity contribution in [3.05, 3.63) is 21.9 Å². The van der Waals surface area contributed by atoms with Crippen LogP contribution >= 0.6 is 11.3 Å². The highest BCUT2D eigenvalue weighted by Gasteiger charge is 2.25. The van der Waals surface area contributed by atoms with Gasteiger partial charge in [0.05, 0.1) is 19.6 Å². The minimum absolute atomic E-state index is 0.136.